The van der Waals surface area contributed by atoms with E-state index in [-0.39, 0.29) is 6.42 Å². The maximum Gasteiger partial charge on any atom is 0.304 e. The number of hydrogen-bond acceptors (Lipinski definition) is 3. The first-order valence-corrected chi connectivity index (χ1v) is 7.30. The predicted molar refractivity (Wildman–Crippen MR) is 69.6 cm³/mol. The van der Waals surface area contributed by atoms with E-state index in [9.17, 15) is 4.79 Å². The molecule has 4 nitrogen and oxygen atoms in total. The summed E-state index contributed by atoms with van der Waals surface area (Å²) >= 11 is 0. The van der Waals surface area contributed by atoms with Crippen LogP contribution in [0.3, 0.4) is 0 Å². The number of nitrogens with zero attached hydrogens (tertiary/aromatic N) is 1. The first-order chi connectivity index (χ1) is 8.74. The number of hydrogen-bond donors (Lipinski definition) is 1. The van der Waals surface area contributed by atoms with Gasteiger partial charge >= 0.3 is 5.97 Å². The van der Waals surface area contributed by atoms with Gasteiger partial charge in [-0.2, -0.15) is 0 Å². The van der Waals surface area contributed by atoms with Crippen LogP contribution in [0.25, 0.3) is 0 Å². The maximum absolute atomic E-state index is 10.6. The van der Waals surface area contributed by atoms with Crippen LogP contribution in [-0.4, -0.2) is 48.3 Å². The fourth-order valence-electron chi connectivity index (χ4n) is 3.19. The minimum atomic E-state index is -0.701. The molecule has 1 saturated carbocycles. The lowest BCUT2D eigenvalue weighted by atomic mass is 10.00. The van der Waals surface area contributed by atoms with Crippen molar-refractivity contribution in [3.05, 3.63) is 0 Å². The van der Waals surface area contributed by atoms with Gasteiger partial charge in [0.25, 0.3) is 0 Å². The molecule has 18 heavy (non-hydrogen) atoms. The summed E-state index contributed by atoms with van der Waals surface area (Å²) in [7, 11) is 0. The molecule has 1 saturated heterocycles. The zero-order valence-corrected chi connectivity index (χ0v) is 11.1. The van der Waals surface area contributed by atoms with Gasteiger partial charge in [0.15, 0.2) is 0 Å². The first-order valence-electron chi connectivity index (χ1n) is 7.30. The lowest BCUT2D eigenvalue weighted by molar-refractivity contribution is -0.137. The molecule has 4 heteroatoms. The Bertz CT molecular complexity index is 264. The van der Waals surface area contributed by atoms with Gasteiger partial charge in [-0.1, -0.05) is 25.7 Å². The minimum absolute atomic E-state index is 0.246. The lowest BCUT2D eigenvalue weighted by Crippen LogP contribution is -2.34. The fourth-order valence-corrected chi connectivity index (χ4v) is 3.19. The largest absolute Gasteiger partial charge is 0.481 e. The number of carboxylic acid groups (broad SMARTS) is 1. The van der Waals surface area contributed by atoms with E-state index >= 15 is 0 Å². The summed E-state index contributed by atoms with van der Waals surface area (Å²) in [6.07, 6.45) is 8.23. The van der Waals surface area contributed by atoms with Crippen LogP contribution < -0.4 is 0 Å². The molecule has 0 aromatic heterocycles. The van der Waals surface area contributed by atoms with Gasteiger partial charge in [0.2, 0.25) is 0 Å². The Hall–Kier alpha value is -0.610. The SMILES string of the molecule is O=C(O)CCN1CCCOC(CC2CCCC2)C1. The Kier molecular flexibility index (Phi) is 5.45. The molecule has 0 radical (unpaired) electrons. The van der Waals surface area contributed by atoms with Crippen molar-refractivity contribution in [2.45, 2.75) is 51.0 Å². The number of carboxylic acids is 1. The van der Waals surface area contributed by atoms with Crippen LogP contribution in [0, 0.1) is 5.92 Å². The molecule has 1 aliphatic heterocycles. The highest BCUT2D eigenvalue weighted by atomic mass is 16.5. The van der Waals surface area contributed by atoms with Gasteiger partial charge in [0.05, 0.1) is 12.5 Å². The summed E-state index contributed by atoms with van der Waals surface area (Å²) in [6, 6.07) is 0. The zero-order chi connectivity index (χ0) is 12.8. The average Bonchev–Trinajstić information content (AvgIpc) is 2.73. The normalized spacial score (nSPS) is 27.2. The van der Waals surface area contributed by atoms with E-state index in [0.29, 0.717) is 12.6 Å². The van der Waals surface area contributed by atoms with Crippen LogP contribution >= 0.6 is 0 Å². The molecule has 0 amide bonds. The van der Waals surface area contributed by atoms with Crippen molar-refractivity contribution in [1.29, 1.82) is 0 Å². The van der Waals surface area contributed by atoms with Crippen molar-refractivity contribution >= 4 is 5.97 Å². The van der Waals surface area contributed by atoms with Crippen molar-refractivity contribution in [3.8, 4) is 0 Å². The fraction of sp³-hybridized carbons (Fsp3) is 0.929. The molecule has 0 bridgehead atoms. The molecular formula is C14H25NO3. The van der Waals surface area contributed by atoms with E-state index in [4.69, 9.17) is 9.84 Å². The smallest absolute Gasteiger partial charge is 0.304 e. The second-order valence-electron chi connectivity index (χ2n) is 5.68. The van der Waals surface area contributed by atoms with Crippen LogP contribution in [0.2, 0.25) is 0 Å². The molecule has 1 unspecified atom stereocenters. The van der Waals surface area contributed by atoms with Crippen LogP contribution in [0.15, 0.2) is 0 Å². The highest BCUT2D eigenvalue weighted by molar-refractivity contribution is 5.66. The molecule has 1 aliphatic carbocycles. The summed E-state index contributed by atoms with van der Waals surface area (Å²) in [5.74, 6) is 0.141. The summed E-state index contributed by atoms with van der Waals surface area (Å²) in [5, 5.41) is 8.75. The lowest BCUT2D eigenvalue weighted by Gasteiger charge is -2.24. The Balaban J connectivity index is 1.76. The van der Waals surface area contributed by atoms with Crippen LogP contribution in [0.4, 0.5) is 0 Å². The second-order valence-corrected chi connectivity index (χ2v) is 5.68. The monoisotopic (exact) mass is 255 g/mol. The Morgan fingerprint density at radius 3 is 2.78 bits per heavy atom. The molecule has 0 spiro atoms. The number of ether oxygens (including phenoxy) is 1. The van der Waals surface area contributed by atoms with Crippen molar-refractivity contribution < 1.29 is 14.6 Å². The summed E-state index contributed by atoms with van der Waals surface area (Å²) in [4.78, 5) is 12.9. The highest BCUT2D eigenvalue weighted by Crippen LogP contribution is 2.30. The topological polar surface area (TPSA) is 49.8 Å². The van der Waals surface area contributed by atoms with Gasteiger partial charge in [-0.25, -0.2) is 0 Å². The number of carbonyl (C=O) groups is 1. The van der Waals surface area contributed by atoms with Gasteiger partial charge in [0, 0.05) is 26.2 Å². The molecule has 104 valence electrons. The summed E-state index contributed by atoms with van der Waals surface area (Å²) in [6.45, 7) is 3.40. The second kappa shape index (κ2) is 7.10. The van der Waals surface area contributed by atoms with Gasteiger partial charge in [-0.05, 0) is 18.8 Å². The Labute approximate surface area is 109 Å². The number of aliphatic carboxylic acids is 1. The summed E-state index contributed by atoms with van der Waals surface area (Å²) in [5.41, 5.74) is 0. The summed E-state index contributed by atoms with van der Waals surface area (Å²) < 4.78 is 5.91. The Morgan fingerprint density at radius 1 is 1.28 bits per heavy atom. The minimum Gasteiger partial charge on any atom is -0.481 e. The van der Waals surface area contributed by atoms with E-state index < -0.39 is 5.97 Å². The number of rotatable bonds is 5. The van der Waals surface area contributed by atoms with Gasteiger partial charge in [-0.15, -0.1) is 0 Å². The highest BCUT2D eigenvalue weighted by Gasteiger charge is 2.24. The van der Waals surface area contributed by atoms with E-state index in [1.807, 2.05) is 0 Å². The molecule has 0 aromatic rings. The molecule has 2 aliphatic rings. The predicted octanol–water partition coefficient (Wildman–Crippen LogP) is 2.13. The molecule has 1 heterocycles. The quantitative estimate of drug-likeness (QED) is 0.817. The van der Waals surface area contributed by atoms with Gasteiger partial charge < -0.3 is 14.7 Å². The van der Waals surface area contributed by atoms with Gasteiger partial charge in [0.1, 0.15) is 0 Å². The molecular weight excluding hydrogens is 230 g/mol. The molecule has 1 atom stereocenters. The molecule has 2 fully saturated rings. The Morgan fingerprint density at radius 2 is 2.06 bits per heavy atom. The van der Waals surface area contributed by atoms with Crippen LogP contribution in [0.1, 0.15) is 44.9 Å². The van der Waals surface area contributed by atoms with E-state index in [0.717, 1.165) is 32.0 Å². The third-order valence-electron chi connectivity index (χ3n) is 4.15. The zero-order valence-electron chi connectivity index (χ0n) is 11.1. The first kappa shape index (κ1) is 13.8. The maximum atomic E-state index is 10.6. The molecule has 2 rings (SSSR count). The molecule has 0 aromatic carbocycles. The van der Waals surface area contributed by atoms with E-state index in [1.165, 1.54) is 32.1 Å². The molecule has 1 N–H and O–H groups in total. The average molecular weight is 255 g/mol. The van der Waals surface area contributed by atoms with Crippen LogP contribution in [-0.2, 0) is 9.53 Å². The third-order valence-corrected chi connectivity index (χ3v) is 4.15. The van der Waals surface area contributed by atoms with Crippen molar-refractivity contribution in [1.82, 2.24) is 4.90 Å². The van der Waals surface area contributed by atoms with Crippen molar-refractivity contribution in [3.63, 3.8) is 0 Å². The van der Waals surface area contributed by atoms with Gasteiger partial charge in [-0.3, -0.25) is 4.79 Å². The van der Waals surface area contributed by atoms with E-state index in [2.05, 4.69) is 4.90 Å². The third kappa shape index (κ3) is 4.58. The van der Waals surface area contributed by atoms with Crippen molar-refractivity contribution in [2.24, 2.45) is 5.92 Å². The standard InChI is InChI=1S/C14H25NO3/c16-14(17)6-8-15-7-3-9-18-13(11-15)10-12-4-1-2-5-12/h12-13H,1-11H2,(H,16,17). The van der Waals surface area contributed by atoms with E-state index in [1.54, 1.807) is 0 Å². The van der Waals surface area contributed by atoms with Crippen molar-refractivity contribution in [2.75, 3.05) is 26.2 Å². The van der Waals surface area contributed by atoms with Crippen LogP contribution in [0.5, 0.6) is 0 Å².